The van der Waals surface area contributed by atoms with E-state index in [1.54, 1.807) is 0 Å². The van der Waals surface area contributed by atoms with Crippen LogP contribution in [0.5, 0.6) is 5.75 Å². The minimum Gasteiger partial charge on any atom is -0.491 e. The molecule has 1 N–H and O–H groups in total. The molecular formula is C18H20N2O. The topological polar surface area (TPSA) is 45.0 Å². The maximum Gasteiger partial charge on any atom is 0.124 e. The van der Waals surface area contributed by atoms with Gasteiger partial charge in [-0.15, -0.1) is 0 Å². The van der Waals surface area contributed by atoms with Crippen LogP contribution >= 0.6 is 0 Å². The van der Waals surface area contributed by atoms with Gasteiger partial charge >= 0.3 is 0 Å². The minimum absolute atomic E-state index is 0.165. The van der Waals surface area contributed by atoms with Crippen molar-refractivity contribution in [3.63, 3.8) is 0 Å². The van der Waals surface area contributed by atoms with Gasteiger partial charge in [0.15, 0.2) is 0 Å². The Labute approximate surface area is 126 Å². The molecule has 3 nitrogen and oxygen atoms in total. The minimum atomic E-state index is 0.165. The highest BCUT2D eigenvalue weighted by atomic mass is 16.5. The van der Waals surface area contributed by atoms with Crippen LogP contribution in [0, 0.1) is 11.3 Å². The van der Waals surface area contributed by atoms with Crippen LogP contribution in [0.1, 0.15) is 30.5 Å². The van der Waals surface area contributed by atoms with Crippen LogP contribution in [-0.2, 0) is 13.1 Å². The largest absolute Gasteiger partial charge is 0.491 e. The molecule has 0 fully saturated rings. The van der Waals surface area contributed by atoms with Crippen LogP contribution in [-0.4, -0.2) is 6.10 Å². The fourth-order valence-corrected chi connectivity index (χ4v) is 2.11. The Bertz CT molecular complexity index is 629. The smallest absolute Gasteiger partial charge is 0.124 e. The Hall–Kier alpha value is -2.31. The predicted molar refractivity (Wildman–Crippen MR) is 83.9 cm³/mol. The molecule has 2 aromatic carbocycles. The molecule has 2 rings (SSSR count). The third-order valence-electron chi connectivity index (χ3n) is 3.04. The highest BCUT2D eigenvalue weighted by Gasteiger charge is 2.04. The van der Waals surface area contributed by atoms with Gasteiger partial charge in [-0.2, -0.15) is 5.26 Å². The van der Waals surface area contributed by atoms with E-state index < -0.39 is 0 Å². The highest BCUT2D eigenvalue weighted by molar-refractivity contribution is 5.34. The van der Waals surface area contributed by atoms with Gasteiger partial charge in [-0.05, 0) is 37.6 Å². The number of hydrogen-bond donors (Lipinski definition) is 1. The Morgan fingerprint density at radius 1 is 1.10 bits per heavy atom. The molecule has 0 spiro atoms. The summed E-state index contributed by atoms with van der Waals surface area (Å²) in [7, 11) is 0. The first-order valence-electron chi connectivity index (χ1n) is 7.13. The summed E-state index contributed by atoms with van der Waals surface area (Å²) in [6, 6.07) is 17.9. The summed E-state index contributed by atoms with van der Waals surface area (Å²) in [6.07, 6.45) is 0.165. The second-order valence-electron chi connectivity index (χ2n) is 5.19. The zero-order chi connectivity index (χ0) is 15.1. The molecule has 0 radical (unpaired) electrons. The fourth-order valence-electron chi connectivity index (χ4n) is 2.11. The van der Waals surface area contributed by atoms with Gasteiger partial charge in [0.05, 0.1) is 17.7 Å². The van der Waals surface area contributed by atoms with Crippen molar-refractivity contribution >= 4 is 0 Å². The maximum atomic E-state index is 8.90. The van der Waals surface area contributed by atoms with Crippen LogP contribution in [0.4, 0.5) is 0 Å². The second kappa shape index (κ2) is 7.47. The summed E-state index contributed by atoms with van der Waals surface area (Å²) in [4.78, 5) is 0. The van der Waals surface area contributed by atoms with Crippen molar-refractivity contribution in [2.75, 3.05) is 0 Å². The van der Waals surface area contributed by atoms with Gasteiger partial charge in [-0.1, -0.05) is 30.3 Å². The first-order valence-corrected chi connectivity index (χ1v) is 7.13. The molecule has 0 saturated carbocycles. The number of para-hydroxylation sites is 1. The Kier molecular flexibility index (Phi) is 5.36. The first kappa shape index (κ1) is 15.1. The van der Waals surface area contributed by atoms with Crippen LogP contribution < -0.4 is 10.1 Å². The molecular weight excluding hydrogens is 260 g/mol. The molecule has 0 atom stereocenters. The lowest BCUT2D eigenvalue weighted by Crippen LogP contribution is -2.15. The highest BCUT2D eigenvalue weighted by Crippen LogP contribution is 2.19. The lowest BCUT2D eigenvalue weighted by Gasteiger charge is -2.14. The summed E-state index contributed by atoms with van der Waals surface area (Å²) < 4.78 is 5.80. The van der Waals surface area contributed by atoms with Crippen LogP contribution in [0.3, 0.4) is 0 Å². The number of benzene rings is 2. The average Bonchev–Trinajstić information content (AvgIpc) is 2.49. The molecule has 0 aliphatic heterocycles. The standard InChI is InChI=1S/C18H20N2O/c1-14(2)21-18-9-4-3-8-17(18)13-20-12-16-7-5-6-15(10-16)11-19/h3-10,14,20H,12-13H2,1-2H3. The van der Waals surface area contributed by atoms with Gasteiger partial charge in [0.1, 0.15) is 5.75 Å². The molecule has 0 amide bonds. The molecule has 3 heteroatoms. The molecule has 0 unspecified atom stereocenters. The average molecular weight is 280 g/mol. The Balaban J connectivity index is 1.96. The van der Waals surface area contributed by atoms with Crippen molar-refractivity contribution in [1.29, 1.82) is 5.26 Å². The van der Waals surface area contributed by atoms with E-state index in [9.17, 15) is 0 Å². The molecule has 0 heterocycles. The monoisotopic (exact) mass is 280 g/mol. The molecule has 2 aromatic rings. The van der Waals surface area contributed by atoms with Crippen LogP contribution in [0.2, 0.25) is 0 Å². The lowest BCUT2D eigenvalue weighted by molar-refractivity contribution is 0.239. The normalized spacial score (nSPS) is 10.4. The van der Waals surface area contributed by atoms with E-state index in [4.69, 9.17) is 10.00 Å². The molecule has 0 bridgehead atoms. The summed E-state index contributed by atoms with van der Waals surface area (Å²) in [5, 5.41) is 12.3. The third kappa shape index (κ3) is 4.62. The molecule has 0 aliphatic rings. The summed E-state index contributed by atoms with van der Waals surface area (Å²) in [6.45, 7) is 5.51. The van der Waals surface area contributed by atoms with Crippen LogP contribution in [0.25, 0.3) is 0 Å². The number of nitriles is 1. The summed E-state index contributed by atoms with van der Waals surface area (Å²) in [5.74, 6) is 0.922. The van der Waals surface area contributed by atoms with Gasteiger partial charge in [-0.25, -0.2) is 0 Å². The van der Waals surface area contributed by atoms with Crippen molar-refractivity contribution in [1.82, 2.24) is 5.32 Å². The zero-order valence-electron chi connectivity index (χ0n) is 12.5. The van der Waals surface area contributed by atoms with E-state index in [1.807, 2.05) is 56.3 Å². The third-order valence-corrected chi connectivity index (χ3v) is 3.04. The zero-order valence-corrected chi connectivity index (χ0v) is 12.5. The lowest BCUT2D eigenvalue weighted by atomic mass is 10.1. The Morgan fingerprint density at radius 3 is 2.67 bits per heavy atom. The molecule has 0 aromatic heterocycles. The van der Waals surface area contributed by atoms with E-state index in [0.717, 1.165) is 30.0 Å². The predicted octanol–water partition coefficient (Wildman–Crippen LogP) is 3.64. The van der Waals surface area contributed by atoms with Crippen molar-refractivity contribution in [3.05, 3.63) is 65.2 Å². The number of nitrogens with one attached hydrogen (secondary N) is 1. The molecule has 21 heavy (non-hydrogen) atoms. The van der Waals surface area contributed by atoms with Crippen molar-refractivity contribution in [2.24, 2.45) is 0 Å². The Morgan fingerprint density at radius 2 is 1.90 bits per heavy atom. The maximum absolute atomic E-state index is 8.90. The van der Waals surface area contributed by atoms with Crippen molar-refractivity contribution < 1.29 is 4.74 Å². The molecule has 0 saturated heterocycles. The van der Waals surface area contributed by atoms with Gasteiger partial charge < -0.3 is 10.1 Å². The van der Waals surface area contributed by atoms with Crippen LogP contribution in [0.15, 0.2) is 48.5 Å². The molecule has 108 valence electrons. The first-order chi connectivity index (χ1) is 10.2. The number of ether oxygens (including phenoxy) is 1. The quantitative estimate of drug-likeness (QED) is 0.878. The van der Waals surface area contributed by atoms with Gasteiger partial charge in [0.25, 0.3) is 0 Å². The van der Waals surface area contributed by atoms with E-state index in [-0.39, 0.29) is 6.10 Å². The van der Waals surface area contributed by atoms with Gasteiger partial charge in [-0.3, -0.25) is 0 Å². The van der Waals surface area contributed by atoms with E-state index in [1.165, 1.54) is 0 Å². The van der Waals surface area contributed by atoms with Gasteiger partial charge in [0, 0.05) is 18.7 Å². The van der Waals surface area contributed by atoms with Gasteiger partial charge in [0.2, 0.25) is 0 Å². The molecule has 0 aliphatic carbocycles. The number of hydrogen-bond acceptors (Lipinski definition) is 3. The van der Waals surface area contributed by atoms with E-state index in [2.05, 4.69) is 17.5 Å². The van der Waals surface area contributed by atoms with E-state index in [0.29, 0.717) is 5.56 Å². The van der Waals surface area contributed by atoms with Crippen molar-refractivity contribution in [2.45, 2.75) is 33.0 Å². The number of nitrogens with zero attached hydrogens (tertiary/aromatic N) is 1. The van der Waals surface area contributed by atoms with Crippen molar-refractivity contribution in [3.8, 4) is 11.8 Å². The fraction of sp³-hybridized carbons (Fsp3) is 0.278. The number of rotatable bonds is 6. The summed E-state index contributed by atoms with van der Waals surface area (Å²) >= 11 is 0. The summed E-state index contributed by atoms with van der Waals surface area (Å²) in [5.41, 5.74) is 2.94. The SMILES string of the molecule is CC(C)Oc1ccccc1CNCc1cccc(C#N)c1. The second-order valence-corrected chi connectivity index (χ2v) is 5.19. The van der Waals surface area contributed by atoms with E-state index >= 15 is 0 Å².